The molecule has 0 spiro atoms. The summed E-state index contributed by atoms with van der Waals surface area (Å²) in [7, 11) is 0. The lowest BCUT2D eigenvalue weighted by molar-refractivity contribution is -0.141. The molecule has 0 saturated heterocycles. The molecule has 7 heteroatoms. The third-order valence-corrected chi connectivity index (χ3v) is 10.3. The van der Waals surface area contributed by atoms with Crippen LogP contribution in [0.3, 0.4) is 0 Å². The van der Waals surface area contributed by atoms with E-state index in [1.807, 2.05) is 0 Å². The van der Waals surface area contributed by atoms with Crippen molar-refractivity contribution in [3.63, 3.8) is 0 Å². The Morgan fingerprint density at radius 1 is 0.571 bits per heavy atom. The van der Waals surface area contributed by atoms with Gasteiger partial charge in [-0.1, -0.05) is 83.1 Å². The second-order valence-electron chi connectivity index (χ2n) is 13.3. The van der Waals surface area contributed by atoms with Gasteiger partial charge in [-0.25, -0.2) is 0 Å². The normalized spacial score (nSPS) is 21.5. The largest absolute Gasteiger partial charge is 0.480 e. The van der Waals surface area contributed by atoms with Gasteiger partial charge in [-0.05, 0) is 69.1 Å². The first-order valence-corrected chi connectivity index (χ1v) is 17.3. The van der Waals surface area contributed by atoms with Crippen LogP contribution in [0.15, 0.2) is 18.2 Å². The molecule has 0 bridgehead atoms. The molecule has 0 aromatic heterocycles. The Bertz CT molecular complexity index is 955. The van der Waals surface area contributed by atoms with Crippen LogP contribution in [0.1, 0.15) is 134 Å². The van der Waals surface area contributed by atoms with E-state index in [2.05, 4.69) is 9.80 Å². The van der Waals surface area contributed by atoms with Gasteiger partial charge in [-0.15, -0.1) is 0 Å². The van der Waals surface area contributed by atoms with Gasteiger partial charge in [-0.2, -0.15) is 0 Å². The minimum Gasteiger partial charge on any atom is -0.480 e. The number of hydrogen-bond acceptors (Lipinski definition) is 5. The molecule has 5 rings (SSSR count). The van der Waals surface area contributed by atoms with Crippen LogP contribution in [0.2, 0.25) is 0 Å². The highest BCUT2D eigenvalue weighted by molar-refractivity contribution is 5.79. The number of aliphatic hydroxyl groups excluding tert-OH is 1. The van der Waals surface area contributed by atoms with Crippen LogP contribution in [0.4, 0.5) is 0 Å². The quantitative estimate of drug-likeness (QED) is 0.306. The van der Waals surface area contributed by atoms with Crippen molar-refractivity contribution in [1.29, 1.82) is 0 Å². The zero-order valence-corrected chi connectivity index (χ0v) is 25.8. The van der Waals surface area contributed by atoms with Crippen molar-refractivity contribution in [1.82, 2.24) is 9.80 Å². The maximum Gasteiger partial charge on any atom is 0.261 e. The first-order chi connectivity index (χ1) is 20.6. The van der Waals surface area contributed by atoms with Gasteiger partial charge in [0, 0.05) is 24.2 Å². The Kier molecular flexibility index (Phi) is 11.9. The monoisotopic (exact) mass is 582 g/mol. The van der Waals surface area contributed by atoms with Crippen molar-refractivity contribution in [3.8, 4) is 11.5 Å². The van der Waals surface area contributed by atoms with E-state index in [1.165, 1.54) is 77.0 Å². The average Bonchev–Trinajstić information content (AvgIpc) is 3.05. The van der Waals surface area contributed by atoms with E-state index >= 15 is 0 Å². The number of hydrogen-bond donors (Lipinski definition) is 1. The van der Waals surface area contributed by atoms with Crippen LogP contribution in [-0.2, 0) is 16.2 Å². The predicted molar refractivity (Wildman–Crippen MR) is 165 cm³/mol. The van der Waals surface area contributed by atoms with E-state index in [0.29, 0.717) is 41.2 Å². The molecular formula is C35H54N2O5. The highest BCUT2D eigenvalue weighted by Crippen LogP contribution is 2.34. The standard InChI is InChI=1S/C35H54N2O5/c38-24-27-21-22-32(41-25-34(39)36(28-13-5-1-6-14-28)29-15-7-2-8-16-29)33(23-27)42-26-35(40)37(30-17-9-3-10-18-30)31-19-11-4-12-20-31/h21-23,28-31,38H,1-20,24-26H2. The van der Waals surface area contributed by atoms with Gasteiger partial charge >= 0.3 is 0 Å². The fourth-order valence-corrected chi connectivity index (χ4v) is 8.16. The molecule has 1 N–H and O–H groups in total. The molecule has 4 aliphatic rings. The van der Waals surface area contributed by atoms with E-state index in [4.69, 9.17) is 9.47 Å². The first kappa shape index (κ1) is 31.2. The molecule has 1 aromatic rings. The van der Waals surface area contributed by atoms with Gasteiger partial charge in [0.1, 0.15) is 0 Å². The Balaban J connectivity index is 1.26. The summed E-state index contributed by atoms with van der Waals surface area (Å²) >= 11 is 0. The Morgan fingerprint density at radius 2 is 0.929 bits per heavy atom. The molecule has 0 radical (unpaired) electrons. The second kappa shape index (κ2) is 16.0. The highest BCUT2D eigenvalue weighted by atomic mass is 16.5. The fourth-order valence-electron chi connectivity index (χ4n) is 8.16. The molecule has 234 valence electrons. The average molecular weight is 583 g/mol. The van der Waals surface area contributed by atoms with Gasteiger partial charge in [0.05, 0.1) is 6.61 Å². The summed E-state index contributed by atoms with van der Waals surface area (Å²) in [5, 5.41) is 9.81. The number of carbonyl (C=O) groups excluding carboxylic acids is 2. The van der Waals surface area contributed by atoms with E-state index in [9.17, 15) is 14.7 Å². The topological polar surface area (TPSA) is 79.3 Å². The molecule has 2 amide bonds. The number of benzene rings is 1. The lowest BCUT2D eigenvalue weighted by Crippen LogP contribution is -2.50. The molecule has 0 atom stereocenters. The number of aliphatic hydroxyl groups is 1. The maximum absolute atomic E-state index is 13.7. The number of carbonyl (C=O) groups is 2. The Hall–Kier alpha value is -2.28. The molecule has 4 saturated carbocycles. The molecular weight excluding hydrogens is 528 g/mol. The van der Waals surface area contributed by atoms with Crippen molar-refractivity contribution in [2.24, 2.45) is 0 Å². The van der Waals surface area contributed by atoms with Crippen LogP contribution < -0.4 is 9.47 Å². The molecule has 42 heavy (non-hydrogen) atoms. The summed E-state index contributed by atoms with van der Waals surface area (Å²) < 4.78 is 12.3. The number of amides is 2. The van der Waals surface area contributed by atoms with Gasteiger partial charge in [0.15, 0.2) is 24.7 Å². The van der Waals surface area contributed by atoms with Crippen molar-refractivity contribution >= 4 is 11.8 Å². The Labute approximate surface area is 253 Å². The van der Waals surface area contributed by atoms with E-state index in [1.54, 1.807) is 18.2 Å². The van der Waals surface area contributed by atoms with Crippen molar-refractivity contribution in [2.45, 2.75) is 159 Å². The van der Waals surface area contributed by atoms with Crippen LogP contribution >= 0.6 is 0 Å². The summed E-state index contributed by atoms with van der Waals surface area (Å²) in [6.45, 7) is -0.217. The summed E-state index contributed by atoms with van der Waals surface area (Å²) in [6, 6.07) is 6.55. The molecule has 4 fully saturated rings. The smallest absolute Gasteiger partial charge is 0.261 e. The molecule has 0 unspecified atom stereocenters. The SMILES string of the molecule is O=C(COc1ccc(CO)cc1OCC(=O)N(C1CCCCC1)C1CCCCC1)N(C1CCCCC1)C1CCCCC1. The van der Waals surface area contributed by atoms with E-state index in [-0.39, 0.29) is 31.6 Å². The minimum atomic E-state index is -0.128. The van der Waals surface area contributed by atoms with Crippen LogP contribution in [0, 0.1) is 0 Å². The summed E-state index contributed by atoms with van der Waals surface area (Å²) in [6.07, 6.45) is 23.2. The van der Waals surface area contributed by atoms with Crippen molar-refractivity contribution < 1.29 is 24.2 Å². The van der Waals surface area contributed by atoms with E-state index < -0.39 is 0 Å². The summed E-state index contributed by atoms with van der Waals surface area (Å²) in [5.41, 5.74) is 0.693. The van der Waals surface area contributed by atoms with Crippen molar-refractivity contribution in [2.75, 3.05) is 13.2 Å². The molecule has 0 heterocycles. The highest BCUT2D eigenvalue weighted by Gasteiger charge is 2.34. The minimum absolute atomic E-state index is 0.0357. The zero-order chi connectivity index (χ0) is 29.1. The molecule has 4 aliphatic carbocycles. The van der Waals surface area contributed by atoms with Crippen molar-refractivity contribution in [3.05, 3.63) is 23.8 Å². The third-order valence-electron chi connectivity index (χ3n) is 10.3. The third kappa shape index (κ3) is 8.21. The predicted octanol–water partition coefficient (Wildman–Crippen LogP) is 6.92. The Morgan fingerprint density at radius 3 is 1.29 bits per heavy atom. The van der Waals surface area contributed by atoms with Crippen LogP contribution in [0.25, 0.3) is 0 Å². The van der Waals surface area contributed by atoms with Gasteiger partial charge in [0.2, 0.25) is 0 Å². The van der Waals surface area contributed by atoms with E-state index in [0.717, 1.165) is 51.4 Å². The summed E-state index contributed by atoms with van der Waals surface area (Å²) in [5.74, 6) is 0.994. The fraction of sp³-hybridized carbons (Fsp3) is 0.771. The number of nitrogens with zero attached hydrogens (tertiary/aromatic N) is 2. The number of ether oxygens (including phenoxy) is 2. The lowest BCUT2D eigenvalue weighted by Gasteiger charge is -2.42. The molecule has 1 aromatic carbocycles. The molecule has 7 nitrogen and oxygen atoms in total. The maximum atomic E-state index is 13.7. The second-order valence-corrected chi connectivity index (χ2v) is 13.3. The first-order valence-electron chi connectivity index (χ1n) is 17.3. The van der Waals surface area contributed by atoms with Gasteiger partial charge in [-0.3, -0.25) is 9.59 Å². The van der Waals surface area contributed by atoms with Gasteiger partial charge in [0.25, 0.3) is 11.8 Å². The summed E-state index contributed by atoms with van der Waals surface area (Å²) in [4.78, 5) is 31.8. The van der Waals surface area contributed by atoms with Crippen LogP contribution in [0.5, 0.6) is 11.5 Å². The molecule has 0 aliphatic heterocycles. The number of rotatable bonds is 11. The lowest BCUT2D eigenvalue weighted by atomic mass is 9.88. The van der Waals surface area contributed by atoms with Crippen LogP contribution in [-0.4, -0.2) is 64.1 Å². The zero-order valence-electron chi connectivity index (χ0n) is 25.8. The van der Waals surface area contributed by atoms with Gasteiger partial charge < -0.3 is 24.4 Å².